The second-order valence-electron chi connectivity index (χ2n) is 7.72. The molecule has 7 nitrogen and oxygen atoms in total. The minimum Gasteiger partial charge on any atom is -0.484 e. The van der Waals surface area contributed by atoms with E-state index in [9.17, 15) is 14.4 Å². The number of fused-ring (bicyclic) bond motifs is 4. The van der Waals surface area contributed by atoms with Crippen LogP contribution in [0.1, 0.15) is 29.6 Å². The van der Waals surface area contributed by atoms with Crippen LogP contribution in [-0.2, 0) is 13.2 Å². The summed E-state index contributed by atoms with van der Waals surface area (Å²) >= 11 is 0. The van der Waals surface area contributed by atoms with Crippen molar-refractivity contribution in [2.24, 2.45) is 5.92 Å². The molecule has 2 unspecified atom stereocenters. The Hall–Kier alpha value is -3.60. The Bertz CT molecular complexity index is 1180. The first-order valence-electron chi connectivity index (χ1n) is 9.83. The molecule has 0 N–H and O–H groups in total. The Labute approximate surface area is 171 Å². The van der Waals surface area contributed by atoms with Gasteiger partial charge >= 0.3 is 0 Å². The van der Waals surface area contributed by atoms with Crippen molar-refractivity contribution in [2.45, 2.75) is 25.5 Å². The summed E-state index contributed by atoms with van der Waals surface area (Å²) in [7, 11) is 0. The third-order valence-corrected chi connectivity index (χ3v) is 5.70. The number of aromatic nitrogens is 2. The van der Waals surface area contributed by atoms with E-state index in [1.807, 2.05) is 15.5 Å². The van der Waals surface area contributed by atoms with Gasteiger partial charge in [-0.3, -0.25) is 4.79 Å². The Balaban J connectivity index is 1.36. The van der Waals surface area contributed by atoms with E-state index in [1.54, 1.807) is 12.1 Å². The summed E-state index contributed by atoms with van der Waals surface area (Å²) in [6, 6.07) is 13.2. The number of nitriles is 1. The molecule has 0 amide bonds. The number of anilines is 1. The predicted octanol–water partition coefficient (Wildman–Crippen LogP) is 3.05. The lowest BCUT2D eigenvalue weighted by Crippen LogP contribution is -2.47. The van der Waals surface area contributed by atoms with E-state index in [0.717, 1.165) is 12.1 Å². The lowest BCUT2D eigenvalue weighted by Gasteiger charge is -2.42. The topological polar surface area (TPSA) is 84.3 Å². The predicted molar refractivity (Wildman–Crippen MR) is 106 cm³/mol. The van der Waals surface area contributed by atoms with E-state index < -0.39 is 0 Å². The second kappa shape index (κ2) is 7.34. The van der Waals surface area contributed by atoms with Crippen LogP contribution in [0.4, 0.5) is 10.3 Å². The summed E-state index contributed by atoms with van der Waals surface area (Å²) in [4.78, 5) is 18.5. The SMILES string of the molecule is N#Cc1nc(COc2ccc(F)cc2)oc1N1CC2CC(C1)c1cccc(=O)n1C2. The summed E-state index contributed by atoms with van der Waals surface area (Å²) in [5.74, 6) is 1.37. The Morgan fingerprint density at radius 2 is 2.03 bits per heavy atom. The minimum atomic E-state index is -0.341. The van der Waals surface area contributed by atoms with Gasteiger partial charge < -0.3 is 18.6 Å². The molecule has 8 heteroatoms. The van der Waals surface area contributed by atoms with Crippen molar-refractivity contribution in [3.63, 3.8) is 0 Å². The number of nitrogens with zero attached hydrogens (tertiary/aromatic N) is 4. The summed E-state index contributed by atoms with van der Waals surface area (Å²) in [6.07, 6.45) is 1.01. The monoisotopic (exact) mass is 406 g/mol. The molecule has 5 rings (SSSR count). The van der Waals surface area contributed by atoms with Gasteiger partial charge in [-0.05, 0) is 42.7 Å². The first kappa shape index (κ1) is 18.4. The van der Waals surface area contributed by atoms with Gasteiger partial charge in [-0.15, -0.1) is 0 Å². The van der Waals surface area contributed by atoms with Gasteiger partial charge in [-0.2, -0.15) is 10.2 Å². The van der Waals surface area contributed by atoms with Crippen LogP contribution in [-0.4, -0.2) is 22.6 Å². The lowest BCUT2D eigenvalue weighted by molar-refractivity contribution is 0.254. The highest BCUT2D eigenvalue weighted by Crippen LogP contribution is 2.38. The molecular weight excluding hydrogens is 387 g/mol. The van der Waals surface area contributed by atoms with Crippen molar-refractivity contribution >= 4 is 5.88 Å². The molecule has 0 aliphatic carbocycles. The number of rotatable bonds is 4. The van der Waals surface area contributed by atoms with Gasteiger partial charge in [0.1, 0.15) is 17.6 Å². The normalized spacial score (nSPS) is 19.8. The fraction of sp³-hybridized carbons (Fsp3) is 0.318. The highest BCUT2D eigenvalue weighted by atomic mass is 19.1. The zero-order valence-electron chi connectivity index (χ0n) is 16.1. The van der Waals surface area contributed by atoms with Crippen LogP contribution in [0, 0.1) is 23.1 Å². The third kappa shape index (κ3) is 3.32. The quantitative estimate of drug-likeness (QED) is 0.662. The second-order valence-corrected chi connectivity index (χ2v) is 7.72. The molecule has 1 aromatic carbocycles. The smallest absolute Gasteiger partial charge is 0.250 e. The molecule has 152 valence electrons. The number of piperidine rings is 1. The van der Waals surface area contributed by atoms with Gasteiger partial charge in [0.15, 0.2) is 6.61 Å². The molecule has 30 heavy (non-hydrogen) atoms. The molecule has 2 atom stereocenters. The van der Waals surface area contributed by atoms with Crippen molar-refractivity contribution in [2.75, 3.05) is 18.0 Å². The number of hydrogen-bond acceptors (Lipinski definition) is 6. The van der Waals surface area contributed by atoms with Gasteiger partial charge in [0, 0.05) is 37.3 Å². The van der Waals surface area contributed by atoms with Crippen molar-refractivity contribution in [3.8, 4) is 11.8 Å². The van der Waals surface area contributed by atoms with E-state index in [-0.39, 0.29) is 29.6 Å². The Morgan fingerprint density at radius 3 is 2.83 bits per heavy atom. The van der Waals surface area contributed by atoms with Crippen molar-refractivity contribution in [1.29, 1.82) is 5.26 Å². The number of benzene rings is 1. The third-order valence-electron chi connectivity index (χ3n) is 5.70. The molecule has 4 heterocycles. The largest absolute Gasteiger partial charge is 0.484 e. The number of oxazole rings is 1. The first-order chi connectivity index (χ1) is 14.6. The molecule has 1 saturated heterocycles. The maximum atomic E-state index is 13.0. The van der Waals surface area contributed by atoms with Crippen LogP contribution >= 0.6 is 0 Å². The minimum absolute atomic E-state index is 0.0354. The average Bonchev–Trinajstić information content (AvgIpc) is 3.17. The molecule has 1 fully saturated rings. The average molecular weight is 406 g/mol. The van der Waals surface area contributed by atoms with E-state index >= 15 is 0 Å². The van der Waals surface area contributed by atoms with Crippen molar-refractivity contribution in [3.05, 3.63) is 75.9 Å². The first-order valence-corrected chi connectivity index (χ1v) is 9.83. The van der Waals surface area contributed by atoms with Gasteiger partial charge in [0.05, 0.1) is 0 Å². The molecule has 2 aliphatic heterocycles. The van der Waals surface area contributed by atoms with E-state index in [0.29, 0.717) is 43.1 Å². The van der Waals surface area contributed by atoms with Gasteiger partial charge in [0.25, 0.3) is 5.56 Å². The number of halogens is 1. The maximum Gasteiger partial charge on any atom is 0.250 e. The number of pyridine rings is 1. The zero-order valence-corrected chi connectivity index (χ0v) is 16.1. The molecule has 2 aliphatic rings. The fourth-order valence-corrected chi connectivity index (χ4v) is 4.44. The van der Waals surface area contributed by atoms with Crippen LogP contribution in [0.25, 0.3) is 0 Å². The van der Waals surface area contributed by atoms with Crippen LogP contribution in [0.5, 0.6) is 5.75 Å². The molecule has 2 aromatic heterocycles. The standard InChI is InChI=1S/C22H19FN4O3/c23-16-4-6-17(7-5-16)29-13-20-25-18(9-24)22(30-20)26-10-14-8-15(12-26)19-2-1-3-21(28)27(19)11-14/h1-7,14-15H,8,10-13H2. The highest BCUT2D eigenvalue weighted by Gasteiger charge is 2.36. The summed E-state index contributed by atoms with van der Waals surface area (Å²) in [5, 5.41) is 9.55. The molecule has 0 radical (unpaired) electrons. The molecule has 2 bridgehead atoms. The summed E-state index contributed by atoms with van der Waals surface area (Å²) in [5.41, 5.74) is 1.28. The van der Waals surface area contributed by atoms with Crippen LogP contribution < -0.4 is 15.2 Å². The maximum absolute atomic E-state index is 13.0. The fourth-order valence-electron chi connectivity index (χ4n) is 4.44. The van der Waals surface area contributed by atoms with E-state index in [4.69, 9.17) is 9.15 Å². The summed E-state index contributed by atoms with van der Waals surface area (Å²) in [6.45, 7) is 2.05. The molecule has 0 saturated carbocycles. The molecule has 3 aromatic rings. The van der Waals surface area contributed by atoms with E-state index in [2.05, 4.69) is 11.1 Å². The Kier molecular flexibility index (Phi) is 4.51. The van der Waals surface area contributed by atoms with Crippen molar-refractivity contribution < 1.29 is 13.5 Å². The van der Waals surface area contributed by atoms with Crippen molar-refractivity contribution in [1.82, 2.24) is 9.55 Å². The Morgan fingerprint density at radius 1 is 1.20 bits per heavy atom. The van der Waals surface area contributed by atoms with Gasteiger partial charge in [-0.25, -0.2) is 4.39 Å². The zero-order chi connectivity index (χ0) is 20.7. The lowest BCUT2D eigenvalue weighted by atomic mass is 9.83. The van der Waals surface area contributed by atoms with Crippen LogP contribution in [0.3, 0.4) is 0 Å². The van der Waals surface area contributed by atoms with Gasteiger partial charge in [-0.1, -0.05) is 6.07 Å². The molecule has 0 spiro atoms. The highest BCUT2D eigenvalue weighted by molar-refractivity contribution is 5.49. The number of hydrogen-bond donors (Lipinski definition) is 0. The number of ether oxygens (including phenoxy) is 1. The summed E-state index contributed by atoms with van der Waals surface area (Å²) < 4.78 is 26.4. The van der Waals surface area contributed by atoms with Crippen LogP contribution in [0.2, 0.25) is 0 Å². The van der Waals surface area contributed by atoms with E-state index in [1.165, 1.54) is 24.3 Å². The van der Waals surface area contributed by atoms with Crippen LogP contribution in [0.15, 0.2) is 51.7 Å². The van der Waals surface area contributed by atoms with Gasteiger partial charge in [0.2, 0.25) is 17.5 Å². The molecular formula is C22H19FN4O3.